The topological polar surface area (TPSA) is 70.8 Å². The molecule has 2 heterocycles. The molecule has 0 radical (unpaired) electrons. The molecule has 0 saturated carbocycles. The van der Waals surface area contributed by atoms with Gasteiger partial charge < -0.3 is 9.52 Å². The van der Waals surface area contributed by atoms with E-state index in [4.69, 9.17) is 16.6 Å². The van der Waals surface area contributed by atoms with Crippen molar-refractivity contribution in [2.75, 3.05) is 0 Å². The van der Waals surface area contributed by atoms with Gasteiger partial charge in [0.05, 0.1) is 11.2 Å². The van der Waals surface area contributed by atoms with Crippen molar-refractivity contribution in [2.45, 2.75) is 26.3 Å². The molecule has 0 bridgehead atoms. The number of thiocarbonyl (C=S) groups is 1. The zero-order valence-electron chi connectivity index (χ0n) is 12.8. The van der Waals surface area contributed by atoms with E-state index in [1.54, 1.807) is 43.5 Å². The quantitative estimate of drug-likeness (QED) is 0.624. The molecule has 1 aliphatic heterocycles. The highest BCUT2D eigenvalue weighted by molar-refractivity contribution is 8.26. The molecule has 23 heavy (non-hydrogen) atoms. The zero-order chi connectivity index (χ0) is 17.0. The fourth-order valence-electron chi connectivity index (χ4n) is 2.18. The number of carbonyl (C=O) groups excluding carboxylic acids is 1. The van der Waals surface area contributed by atoms with Crippen molar-refractivity contribution < 1.29 is 19.1 Å². The van der Waals surface area contributed by atoms with Gasteiger partial charge in [0, 0.05) is 0 Å². The Balaban J connectivity index is 2.20. The number of carbonyl (C=O) groups is 2. The number of thioether (sulfide) groups is 1. The molecule has 0 unspecified atom stereocenters. The standard InChI is InChI=1S/C16H17NO4S2/c1-3-10(2)13(15(19)20)17-14(18)12(23-16(17)22)8-4-6-11-7-5-9-21-11/h4-10,13H,3H2,1-2H3,(H,19,20)/b6-4+,12-8+/t10-,13+/m1/s1. The van der Waals surface area contributed by atoms with Crippen LogP contribution < -0.4 is 0 Å². The summed E-state index contributed by atoms with van der Waals surface area (Å²) in [6, 6.07) is 2.62. The lowest BCUT2D eigenvalue weighted by Gasteiger charge is -2.27. The van der Waals surface area contributed by atoms with Crippen LogP contribution in [0.15, 0.2) is 39.9 Å². The van der Waals surface area contributed by atoms with Crippen LogP contribution in [0.2, 0.25) is 0 Å². The minimum atomic E-state index is -1.04. The van der Waals surface area contributed by atoms with Crippen LogP contribution in [0.3, 0.4) is 0 Å². The van der Waals surface area contributed by atoms with Crippen LogP contribution in [0.5, 0.6) is 0 Å². The fraction of sp³-hybridized carbons (Fsp3) is 0.312. The van der Waals surface area contributed by atoms with E-state index in [1.807, 2.05) is 6.92 Å². The lowest BCUT2D eigenvalue weighted by Crippen LogP contribution is -2.47. The van der Waals surface area contributed by atoms with Gasteiger partial charge in [-0.3, -0.25) is 9.69 Å². The molecule has 1 fully saturated rings. The Labute approximate surface area is 144 Å². The normalized spacial score (nSPS) is 19.7. The summed E-state index contributed by atoms with van der Waals surface area (Å²) in [5.41, 5.74) is 0. The summed E-state index contributed by atoms with van der Waals surface area (Å²) in [5, 5.41) is 9.45. The molecule has 0 spiro atoms. The predicted octanol–water partition coefficient (Wildman–Crippen LogP) is 3.54. The number of aliphatic carboxylic acids is 1. The molecule has 7 heteroatoms. The average Bonchev–Trinajstić information content (AvgIpc) is 3.11. The number of carboxylic acids is 1. The summed E-state index contributed by atoms with van der Waals surface area (Å²) in [6.07, 6.45) is 7.23. The second-order valence-corrected chi connectivity index (χ2v) is 6.79. The highest BCUT2D eigenvalue weighted by Crippen LogP contribution is 2.34. The van der Waals surface area contributed by atoms with Crippen molar-refractivity contribution in [3.8, 4) is 0 Å². The van der Waals surface area contributed by atoms with E-state index in [0.717, 1.165) is 11.8 Å². The number of hydrogen-bond acceptors (Lipinski definition) is 5. The molecule has 1 saturated heterocycles. The number of amides is 1. The van der Waals surface area contributed by atoms with Crippen LogP contribution >= 0.6 is 24.0 Å². The van der Waals surface area contributed by atoms with Crippen molar-refractivity contribution in [1.82, 2.24) is 4.90 Å². The number of allylic oxidation sites excluding steroid dienone is 2. The molecule has 5 nitrogen and oxygen atoms in total. The van der Waals surface area contributed by atoms with Gasteiger partial charge in [0.25, 0.3) is 5.91 Å². The van der Waals surface area contributed by atoms with Gasteiger partial charge in [0.2, 0.25) is 0 Å². The third-order valence-electron chi connectivity index (χ3n) is 3.59. The van der Waals surface area contributed by atoms with Crippen molar-refractivity contribution in [3.05, 3.63) is 41.2 Å². The van der Waals surface area contributed by atoms with Crippen molar-refractivity contribution in [2.24, 2.45) is 5.92 Å². The number of hydrogen-bond donors (Lipinski definition) is 1. The molecule has 1 aromatic rings. The van der Waals surface area contributed by atoms with Crippen molar-refractivity contribution >= 4 is 46.3 Å². The number of furan rings is 1. The van der Waals surface area contributed by atoms with Crippen LogP contribution in [0, 0.1) is 5.92 Å². The lowest BCUT2D eigenvalue weighted by atomic mass is 9.98. The Bertz CT molecular complexity index is 664. The molecular formula is C16H17NO4S2. The fourth-order valence-corrected chi connectivity index (χ4v) is 3.46. The van der Waals surface area contributed by atoms with Gasteiger partial charge in [0.1, 0.15) is 16.1 Å². The van der Waals surface area contributed by atoms with Crippen molar-refractivity contribution in [1.29, 1.82) is 0 Å². The van der Waals surface area contributed by atoms with E-state index in [1.165, 1.54) is 4.90 Å². The minimum Gasteiger partial charge on any atom is -0.480 e. The van der Waals surface area contributed by atoms with Crippen molar-refractivity contribution in [3.63, 3.8) is 0 Å². The second kappa shape index (κ2) is 7.61. The summed E-state index contributed by atoms with van der Waals surface area (Å²) in [5.74, 6) is -0.924. The van der Waals surface area contributed by atoms with Crippen LogP contribution in [-0.2, 0) is 9.59 Å². The first kappa shape index (κ1) is 17.5. The van der Waals surface area contributed by atoms with Gasteiger partial charge in [-0.15, -0.1) is 0 Å². The van der Waals surface area contributed by atoms with E-state index in [0.29, 0.717) is 17.1 Å². The van der Waals surface area contributed by atoms with Gasteiger partial charge in [0.15, 0.2) is 0 Å². The maximum Gasteiger partial charge on any atom is 0.327 e. The molecule has 1 N–H and O–H groups in total. The highest BCUT2D eigenvalue weighted by atomic mass is 32.2. The molecular weight excluding hydrogens is 334 g/mol. The summed E-state index contributed by atoms with van der Waals surface area (Å²) in [4.78, 5) is 25.7. The first-order valence-corrected chi connectivity index (χ1v) is 8.38. The van der Waals surface area contributed by atoms with Crippen LogP contribution in [0.1, 0.15) is 26.0 Å². The Morgan fingerprint density at radius 1 is 1.57 bits per heavy atom. The third-order valence-corrected chi connectivity index (χ3v) is 4.94. The molecule has 0 aromatic carbocycles. The second-order valence-electron chi connectivity index (χ2n) is 5.12. The third kappa shape index (κ3) is 3.92. The van der Waals surface area contributed by atoms with Gasteiger partial charge in [-0.05, 0) is 30.2 Å². The number of nitrogens with zero attached hydrogens (tertiary/aromatic N) is 1. The molecule has 122 valence electrons. The van der Waals surface area contributed by atoms with Gasteiger partial charge in [-0.2, -0.15) is 0 Å². The maximum absolute atomic E-state index is 12.5. The first-order chi connectivity index (χ1) is 11.0. The summed E-state index contributed by atoms with van der Waals surface area (Å²) in [6.45, 7) is 3.69. The molecule has 1 amide bonds. The number of rotatable bonds is 6. The average molecular weight is 351 g/mol. The van der Waals surface area contributed by atoms with Crippen LogP contribution in [0.4, 0.5) is 0 Å². The minimum absolute atomic E-state index is 0.187. The Morgan fingerprint density at radius 2 is 2.30 bits per heavy atom. The van der Waals surface area contributed by atoms with E-state index < -0.39 is 12.0 Å². The summed E-state index contributed by atoms with van der Waals surface area (Å²) in [7, 11) is 0. The van der Waals surface area contributed by atoms with Crippen LogP contribution in [-0.4, -0.2) is 32.2 Å². The Kier molecular flexibility index (Phi) is 5.79. The van der Waals surface area contributed by atoms with Gasteiger partial charge >= 0.3 is 5.97 Å². The molecule has 0 aliphatic carbocycles. The van der Waals surface area contributed by atoms with E-state index in [-0.39, 0.29) is 16.1 Å². The van der Waals surface area contributed by atoms with Gasteiger partial charge in [-0.25, -0.2) is 4.79 Å². The monoisotopic (exact) mass is 351 g/mol. The molecule has 1 aromatic heterocycles. The number of carboxylic acid groups (broad SMARTS) is 1. The molecule has 1 aliphatic rings. The van der Waals surface area contributed by atoms with Gasteiger partial charge in [-0.1, -0.05) is 50.3 Å². The summed E-state index contributed by atoms with van der Waals surface area (Å²) < 4.78 is 5.44. The van der Waals surface area contributed by atoms with E-state index in [2.05, 4.69) is 0 Å². The molecule has 2 rings (SSSR count). The highest BCUT2D eigenvalue weighted by Gasteiger charge is 2.42. The zero-order valence-corrected chi connectivity index (χ0v) is 14.4. The Hall–Kier alpha value is -1.86. The van der Waals surface area contributed by atoms with Crippen LogP contribution in [0.25, 0.3) is 6.08 Å². The largest absolute Gasteiger partial charge is 0.480 e. The predicted molar refractivity (Wildman–Crippen MR) is 93.7 cm³/mol. The first-order valence-electron chi connectivity index (χ1n) is 7.15. The molecule has 2 atom stereocenters. The maximum atomic E-state index is 12.5. The van der Waals surface area contributed by atoms with E-state index in [9.17, 15) is 14.7 Å². The Morgan fingerprint density at radius 3 is 2.87 bits per heavy atom. The lowest BCUT2D eigenvalue weighted by molar-refractivity contribution is -0.147. The SMILES string of the molecule is CC[C@@H](C)[C@@H](C(=O)O)N1C(=O)/C(=C\C=C\c2ccco2)SC1=S. The summed E-state index contributed by atoms with van der Waals surface area (Å²) >= 11 is 6.33. The smallest absolute Gasteiger partial charge is 0.327 e. The van der Waals surface area contributed by atoms with E-state index >= 15 is 0 Å².